The lowest BCUT2D eigenvalue weighted by Gasteiger charge is -2.29. The van der Waals surface area contributed by atoms with Crippen LogP contribution in [-0.2, 0) is 6.42 Å². The number of halogens is 1. The first-order valence-corrected chi connectivity index (χ1v) is 9.31. The number of likely N-dealkylation sites (N-methyl/N-ethyl adjacent to an activating group) is 1. The van der Waals surface area contributed by atoms with Crippen molar-refractivity contribution >= 4 is 11.8 Å². The lowest BCUT2D eigenvalue weighted by molar-refractivity contribution is 0.286. The maximum Gasteiger partial charge on any atom is 0.226 e. The van der Waals surface area contributed by atoms with E-state index in [1.54, 1.807) is 6.20 Å². The number of aryl methyl sites for hydroxylation is 2. The molecule has 3 heterocycles. The molecule has 0 bridgehead atoms. The zero-order valence-electron chi connectivity index (χ0n) is 16.5. The van der Waals surface area contributed by atoms with Crippen LogP contribution in [0.1, 0.15) is 24.6 Å². The molecule has 1 aliphatic heterocycles. The van der Waals surface area contributed by atoms with Gasteiger partial charge in [-0.3, -0.25) is 0 Å². The third-order valence-electron chi connectivity index (χ3n) is 4.71. The van der Waals surface area contributed by atoms with Crippen LogP contribution in [-0.4, -0.2) is 78.0 Å². The molecule has 0 spiro atoms. The van der Waals surface area contributed by atoms with Gasteiger partial charge in [0, 0.05) is 45.7 Å². The molecular weight excluding hydrogens is 349 g/mol. The quantitative estimate of drug-likeness (QED) is 0.688. The standard InChI is InChI=1S/C18H28FN7O/c1-13-21-17(27-23-13)6-5-9-25(4)12-15-10-14(19)11-26(15)16-7-8-20-18(22-16)24(2)3/h7-8,14-15H,5-6,9-12H2,1-4H3/t14-,15-/m0/s1. The van der Waals surface area contributed by atoms with Crippen LogP contribution in [0.2, 0.25) is 0 Å². The van der Waals surface area contributed by atoms with Crippen LogP contribution < -0.4 is 9.80 Å². The second kappa shape index (κ2) is 8.60. The van der Waals surface area contributed by atoms with Crippen molar-refractivity contribution < 1.29 is 8.91 Å². The molecule has 0 amide bonds. The van der Waals surface area contributed by atoms with Gasteiger partial charge in [0.1, 0.15) is 12.0 Å². The first kappa shape index (κ1) is 19.5. The summed E-state index contributed by atoms with van der Waals surface area (Å²) in [6, 6.07) is 1.95. The highest BCUT2D eigenvalue weighted by Gasteiger charge is 2.33. The van der Waals surface area contributed by atoms with Crippen molar-refractivity contribution in [3.05, 3.63) is 24.0 Å². The molecule has 148 valence electrons. The predicted octanol–water partition coefficient (Wildman–Crippen LogP) is 1.72. The van der Waals surface area contributed by atoms with E-state index >= 15 is 0 Å². The molecule has 1 saturated heterocycles. The van der Waals surface area contributed by atoms with E-state index in [-0.39, 0.29) is 6.04 Å². The summed E-state index contributed by atoms with van der Waals surface area (Å²) in [6.07, 6.45) is 3.10. The monoisotopic (exact) mass is 377 g/mol. The summed E-state index contributed by atoms with van der Waals surface area (Å²) in [4.78, 5) is 19.2. The first-order chi connectivity index (χ1) is 12.9. The van der Waals surface area contributed by atoms with Gasteiger partial charge in [-0.25, -0.2) is 9.37 Å². The maximum atomic E-state index is 14.2. The number of hydrogen-bond donors (Lipinski definition) is 0. The van der Waals surface area contributed by atoms with Crippen molar-refractivity contribution in [3.8, 4) is 0 Å². The van der Waals surface area contributed by atoms with Crippen LogP contribution >= 0.6 is 0 Å². The van der Waals surface area contributed by atoms with Gasteiger partial charge < -0.3 is 19.2 Å². The predicted molar refractivity (Wildman–Crippen MR) is 102 cm³/mol. The van der Waals surface area contributed by atoms with Gasteiger partial charge in [0.2, 0.25) is 11.8 Å². The summed E-state index contributed by atoms with van der Waals surface area (Å²) in [6.45, 7) is 3.86. The Morgan fingerprint density at radius 2 is 2.11 bits per heavy atom. The van der Waals surface area contributed by atoms with Crippen molar-refractivity contribution in [2.45, 2.75) is 38.4 Å². The smallest absolute Gasteiger partial charge is 0.226 e. The average Bonchev–Trinajstić information content (AvgIpc) is 3.20. The van der Waals surface area contributed by atoms with Crippen LogP contribution in [0.4, 0.5) is 16.2 Å². The molecule has 0 aliphatic carbocycles. The van der Waals surface area contributed by atoms with E-state index in [4.69, 9.17) is 4.52 Å². The summed E-state index contributed by atoms with van der Waals surface area (Å²) in [7, 11) is 5.86. The molecule has 0 N–H and O–H groups in total. The van der Waals surface area contributed by atoms with E-state index in [2.05, 4.69) is 37.0 Å². The normalized spacial score (nSPS) is 19.9. The maximum absolute atomic E-state index is 14.2. The van der Waals surface area contributed by atoms with E-state index in [1.165, 1.54) is 0 Å². The zero-order valence-corrected chi connectivity index (χ0v) is 16.5. The number of rotatable bonds is 8. The van der Waals surface area contributed by atoms with E-state index < -0.39 is 6.17 Å². The van der Waals surface area contributed by atoms with Crippen molar-refractivity contribution in [1.29, 1.82) is 0 Å². The lowest BCUT2D eigenvalue weighted by Crippen LogP contribution is -2.40. The fourth-order valence-corrected chi connectivity index (χ4v) is 3.42. The fraction of sp³-hybridized carbons (Fsp3) is 0.667. The van der Waals surface area contributed by atoms with Crippen LogP contribution in [0.3, 0.4) is 0 Å². The average molecular weight is 377 g/mol. The first-order valence-electron chi connectivity index (χ1n) is 9.31. The van der Waals surface area contributed by atoms with Gasteiger partial charge in [0.05, 0.1) is 6.54 Å². The van der Waals surface area contributed by atoms with Crippen molar-refractivity contribution in [2.75, 3.05) is 50.6 Å². The third kappa shape index (κ3) is 5.12. The molecule has 2 aromatic heterocycles. The number of hydrogen-bond acceptors (Lipinski definition) is 8. The topological polar surface area (TPSA) is 74.4 Å². The summed E-state index contributed by atoms with van der Waals surface area (Å²) < 4.78 is 19.3. The SMILES string of the molecule is Cc1noc(CCCN(C)C[C@@H]2C[C@H](F)CN2c2ccnc(N(C)C)n2)n1. The highest BCUT2D eigenvalue weighted by molar-refractivity contribution is 5.45. The summed E-state index contributed by atoms with van der Waals surface area (Å²) in [5.74, 6) is 2.76. The van der Waals surface area contributed by atoms with Crippen LogP contribution in [0, 0.1) is 6.92 Å². The summed E-state index contributed by atoms with van der Waals surface area (Å²) in [5.41, 5.74) is 0. The van der Waals surface area contributed by atoms with Gasteiger partial charge in [-0.05, 0) is 33.0 Å². The molecule has 0 unspecified atom stereocenters. The summed E-state index contributed by atoms with van der Waals surface area (Å²) in [5, 5.41) is 3.81. The lowest BCUT2D eigenvalue weighted by atomic mass is 10.2. The van der Waals surface area contributed by atoms with Gasteiger partial charge in [-0.2, -0.15) is 9.97 Å². The minimum atomic E-state index is -0.831. The third-order valence-corrected chi connectivity index (χ3v) is 4.71. The molecule has 0 radical (unpaired) electrons. The minimum Gasteiger partial charge on any atom is -0.349 e. The van der Waals surface area contributed by atoms with Gasteiger partial charge in [-0.1, -0.05) is 5.16 Å². The van der Waals surface area contributed by atoms with Crippen molar-refractivity contribution in [1.82, 2.24) is 25.0 Å². The van der Waals surface area contributed by atoms with Crippen molar-refractivity contribution in [3.63, 3.8) is 0 Å². The molecule has 1 fully saturated rings. The number of anilines is 2. The Kier molecular flexibility index (Phi) is 6.20. The van der Waals surface area contributed by atoms with E-state index in [0.717, 1.165) is 31.7 Å². The zero-order chi connectivity index (χ0) is 19.4. The van der Waals surface area contributed by atoms with Crippen molar-refractivity contribution in [2.24, 2.45) is 0 Å². The van der Waals surface area contributed by atoms with E-state index in [9.17, 15) is 4.39 Å². The highest BCUT2D eigenvalue weighted by atomic mass is 19.1. The minimum absolute atomic E-state index is 0.0977. The molecule has 27 heavy (non-hydrogen) atoms. The Balaban J connectivity index is 1.56. The second-order valence-corrected chi connectivity index (χ2v) is 7.35. The number of aromatic nitrogens is 4. The summed E-state index contributed by atoms with van der Waals surface area (Å²) >= 11 is 0. The van der Waals surface area contributed by atoms with Crippen LogP contribution in [0.15, 0.2) is 16.8 Å². The molecule has 8 nitrogen and oxygen atoms in total. The highest BCUT2D eigenvalue weighted by Crippen LogP contribution is 2.27. The van der Waals surface area contributed by atoms with Crippen LogP contribution in [0.25, 0.3) is 0 Å². The van der Waals surface area contributed by atoms with Gasteiger partial charge in [-0.15, -0.1) is 0 Å². The molecule has 9 heteroatoms. The van der Waals surface area contributed by atoms with Gasteiger partial charge in [0.15, 0.2) is 5.82 Å². The molecule has 3 rings (SSSR count). The van der Waals surface area contributed by atoms with Gasteiger partial charge in [0.25, 0.3) is 0 Å². The molecule has 0 aromatic carbocycles. The molecule has 2 atom stereocenters. The Labute approximate surface area is 159 Å². The Morgan fingerprint density at radius 1 is 1.30 bits per heavy atom. The fourth-order valence-electron chi connectivity index (χ4n) is 3.42. The second-order valence-electron chi connectivity index (χ2n) is 7.35. The largest absolute Gasteiger partial charge is 0.349 e. The van der Waals surface area contributed by atoms with Gasteiger partial charge >= 0.3 is 0 Å². The molecule has 0 saturated carbocycles. The Hall–Kier alpha value is -2.29. The molecular formula is C18H28FN7O. The molecule has 2 aromatic rings. The number of nitrogens with zero attached hydrogens (tertiary/aromatic N) is 7. The molecule has 1 aliphatic rings. The number of alkyl halides is 1. The Morgan fingerprint density at radius 3 is 2.81 bits per heavy atom. The van der Waals surface area contributed by atoms with Crippen LogP contribution in [0.5, 0.6) is 0 Å². The van der Waals surface area contributed by atoms with E-state index in [1.807, 2.05) is 32.0 Å². The van der Waals surface area contributed by atoms with E-state index in [0.29, 0.717) is 30.6 Å². The Bertz CT molecular complexity index is 738.